The van der Waals surface area contributed by atoms with Crippen molar-refractivity contribution in [3.63, 3.8) is 0 Å². The zero-order chi connectivity index (χ0) is 31.7. The Balaban J connectivity index is 1.83. The summed E-state index contributed by atoms with van der Waals surface area (Å²) < 4.78 is 16.7. The largest absolute Gasteiger partial charge is 0.493 e. The number of carbonyl (C=O) groups is 2. The van der Waals surface area contributed by atoms with E-state index < -0.39 is 5.97 Å². The molecule has 0 aliphatic rings. The van der Waals surface area contributed by atoms with Gasteiger partial charge in [0, 0.05) is 36.7 Å². The number of hydrogen-bond donors (Lipinski definition) is 2. The second-order valence-corrected chi connectivity index (χ2v) is 11.2. The van der Waals surface area contributed by atoms with Crippen molar-refractivity contribution < 1.29 is 34.0 Å². The topological polar surface area (TPSA) is 102 Å². The summed E-state index contributed by atoms with van der Waals surface area (Å²) >= 11 is 0. The Morgan fingerprint density at radius 3 is 2.18 bits per heavy atom. The van der Waals surface area contributed by atoms with E-state index in [-0.39, 0.29) is 25.7 Å². The van der Waals surface area contributed by atoms with Crippen LogP contribution in [0.5, 0.6) is 11.5 Å². The molecule has 0 aromatic heterocycles. The summed E-state index contributed by atoms with van der Waals surface area (Å²) in [4.78, 5) is 23.4. The van der Waals surface area contributed by atoms with E-state index in [4.69, 9.17) is 14.2 Å². The molecule has 0 spiro atoms. The second-order valence-electron chi connectivity index (χ2n) is 11.2. The van der Waals surface area contributed by atoms with E-state index in [0.717, 1.165) is 41.5 Å². The summed E-state index contributed by atoms with van der Waals surface area (Å²) in [6.45, 7) is 8.23. The SMILES string of the molecule is C=C(C)C(=O)Oc1cc(CCc2ccc(CCCCC)cc2)ccc1-c1ccc(OCCC(CO)CO)c(CCOC=O)c1. The van der Waals surface area contributed by atoms with Crippen LogP contribution in [0, 0.1) is 5.92 Å². The van der Waals surface area contributed by atoms with Crippen LogP contribution in [0.3, 0.4) is 0 Å². The molecule has 0 radical (unpaired) electrons. The number of aliphatic hydroxyl groups is 2. The van der Waals surface area contributed by atoms with E-state index in [1.54, 1.807) is 6.92 Å². The Hall–Kier alpha value is -3.94. The van der Waals surface area contributed by atoms with E-state index in [1.807, 2.05) is 30.3 Å². The lowest BCUT2D eigenvalue weighted by molar-refractivity contribution is -0.130. The first-order valence-corrected chi connectivity index (χ1v) is 15.5. The van der Waals surface area contributed by atoms with Crippen molar-refractivity contribution in [3.05, 3.63) is 95.1 Å². The highest BCUT2D eigenvalue weighted by molar-refractivity contribution is 5.90. The van der Waals surface area contributed by atoms with Gasteiger partial charge in [0.1, 0.15) is 11.5 Å². The highest BCUT2D eigenvalue weighted by atomic mass is 16.5. The number of carbonyl (C=O) groups excluding carboxylic acids is 2. The van der Waals surface area contributed by atoms with E-state index in [2.05, 4.69) is 43.8 Å². The second kappa shape index (κ2) is 18.7. The van der Waals surface area contributed by atoms with Crippen LogP contribution in [0.2, 0.25) is 0 Å². The van der Waals surface area contributed by atoms with Crippen LogP contribution < -0.4 is 9.47 Å². The number of aliphatic hydroxyl groups excluding tert-OH is 2. The molecular weight excluding hydrogens is 556 g/mol. The minimum atomic E-state index is -0.496. The molecule has 0 unspecified atom stereocenters. The Kier molecular flexibility index (Phi) is 14.7. The van der Waals surface area contributed by atoms with E-state index >= 15 is 0 Å². The van der Waals surface area contributed by atoms with Gasteiger partial charge in [-0.15, -0.1) is 0 Å². The Labute approximate surface area is 261 Å². The molecule has 0 atom stereocenters. The molecule has 0 aliphatic carbocycles. The summed E-state index contributed by atoms with van der Waals surface area (Å²) in [5, 5.41) is 18.7. The summed E-state index contributed by atoms with van der Waals surface area (Å²) in [7, 11) is 0. The average molecular weight is 603 g/mol. The predicted molar refractivity (Wildman–Crippen MR) is 173 cm³/mol. The third-order valence-electron chi connectivity index (χ3n) is 7.62. The smallest absolute Gasteiger partial charge is 0.338 e. The van der Waals surface area contributed by atoms with Gasteiger partial charge >= 0.3 is 5.97 Å². The van der Waals surface area contributed by atoms with Gasteiger partial charge in [-0.05, 0) is 85.0 Å². The molecular formula is C37H46O7. The normalized spacial score (nSPS) is 10.9. The van der Waals surface area contributed by atoms with E-state index in [9.17, 15) is 19.8 Å². The molecule has 0 heterocycles. The number of benzene rings is 3. The van der Waals surface area contributed by atoms with Gasteiger partial charge in [0.05, 0.1) is 13.2 Å². The number of ether oxygens (including phenoxy) is 3. The van der Waals surface area contributed by atoms with Crippen LogP contribution in [0.1, 0.15) is 61.8 Å². The molecule has 0 saturated heterocycles. The zero-order valence-corrected chi connectivity index (χ0v) is 26.1. The highest BCUT2D eigenvalue weighted by Gasteiger charge is 2.16. The minimum absolute atomic E-state index is 0.119. The van der Waals surface area contributed by atoms with Crippen LogP contribution in [0.15, 0.2) is 72.8 Å². The summed E-state index contributed by atoms with van der Waals surface area (Å²) in [6, 6.07) is 20.4. The van der Waals surface area contributed by atoms with E-state index in [1.165, 1.54) is 30.4 Å². The fourth-order valence-corrected chi connectivity index (χ4v) is 4.85. The number of esters is 1. The van der Waals surface area contributed by atoms with Crippen LogP contribution in [-0.4, -0.2) is 49.1 Å². The van der Waals surface area contributed by atoms with Crippen LogP contribution in [-0.2, 0) is 40.0 Å². The van der Waals surface area contributed by atoms with E-state index in [0.29, 0.717) is 43.0 Å². The first-order valence-electron chi connectivity index (χ1n) is 15.5. The number of rotatable bonds is 20. The van der Waals surface area contributed by atoms with Gasteiger partial charge in [-0.3, -0.25) is 4.79 Å². The van der Waals surface area contributed by atoms with Gasteiger partial charge in [-0.25, -0.2) is 4.79 Å². The number of hydrogen-bond acceptors (Lipinski definition) is 7. The fourth-order valence-electron chi connectivity index (χ4n) is 4.85. The summed E-state index contributed by atoms with van der Waals surface area (Å²) in [5.74, 6) is 0.310. The molecule has 44 heavy (non-hydrogen) atoms. The lowest BCUT2D eigenvalue weighted by Crippen LogP contribution is -2.15. The molecule has 0 saturated carbocycles. The monoisotopic (exact) mass is 602 g/mol. The third kappa shape index (κ3) is 11.0. The van der Waals surface area contributed by atoms with Gasteiger partial charge in [-0.1, -0.05) is 68.8 Å². The molecule has 7 heteroatoms. The standard InChI is InChI=1S/C37H46O7/c1-4-5-6-7-28-8-10-29(11-9-28)12-13-30-14-16-34(36(22-30)44-37(41)27(2)3)32-15-17-35(33(23-32)19-20-42-26-40)43-21-18-31(24-38)25-39/h8-11,14-17,22-23,26,31,38-39H,2,4-7,12-13,18-21,24-25H2,1,3H3. The quantitative estimate of drug-likeness (QED) is 0.0505. The minimum Gasteiger partial charge on any atom is -0.493 e. The van der Waals surface area contributed by atoms with Gasteiger partial charge in [0.25, 0.3) is 6.47 Å². The molecule has 236 valence electrons. The van der Waals surface area contributed by atoms with Crippen molar-refractivity contribution in [2.45, 2.75) is 65.2 Å². The van der Waals surface area contributed by atoms with Crippen molar-refractivity contribution in [3.8, 4) is 22.6 Å². The first kappa shape index (κ1) is 34.5. The molecule has 7 nitrogen and oxygen atoms in total. The lowest BCUT2D eigenvalue weighted by atomic mass is 9.96. The predicted octanol–water partition coefficient (Wildman–Crippen LogP) is 6.44. The molecule has 3 aromatic carbocycles. The van der Waals surface area contributed by atoms with Crippen LogP contribution in [0.25, 0.3) is 11.1 Å². The molecule has 0 amide bonds. The van der Waals surface area contributed by atoms with Crippen LogP contribution >= 0.6 is 0 Å². The maximum atomic E-state index is 12.6. The van der Waals surface area contributed by atoms with Crippen LogP contribution in [0.4, 0.5) is 0 Å². The van der Waals surface area contributed by atoms with Crippen molar-refractivity contribution in [2.75, 3.05) is 26.4 Å². The first-order chi connectivity index (χ1) is 21.4. The maximum Gasteiger partial charge on any atom is 0.338 e. The molecule has 2 N–H and O–H groups in total. The van der Waals surface area contributed by atoms with Crippen molar-refractivity contribution in [1.29, 1.82) is 0 Å². The fraction of sp³-hybridized carbons (Fsp3) is 0.405. The van der Waals surface area contributed by atoms with Gasteiger partial charge in [0.2, 0.25) is 0 Å². The summed E-state index contributed by atoms with van der Waals surface area (Å²) in [6.07, 6.45) is 7.36. The zero-order valence-electron chi connectivity index (χ0n) is 26.1. The molecule has 0 aliphatic heterocycles. The van der Waals surface area contributed by atoms with Crippen molar-refractivity contribution in [1.82, 2.24) is 0 Å². The van der Waals surface area contributed by atoms with Gasteiger partial charge in [-0.2, -0.15) is 0 Å². The number of unbranched alkanes of at least 4 members (excludes halogenated alkanes) is 2. The third-order valence-corrected chi connectivity index (χ3v) is 7.62. The van der Waals surface area contributed by atoms with Gasteiger partial charge < -0.3 is 24.4 Å². The number of aryl methyl sites for hydroxylation is 3. The van der Waals surface area contributed by atoms with Crippen molar-refractivity contribution >= 4 is 12.4 Å². The Morgan fingerprint density at radius 1 is 0.841 bits per heavy atom. The maximum absolute atomic E-state index is 12.6. The van der Waals surface area contributed by atoms with Crippen molar-refractivity contribution in [2.24, 2.45) is 5.92 Å². The molecule has 0 fully saturated rings. The lowest BCUT2D eigenvalue weighted by Gasteiger charge is -2.17. The average Bonchev–Trinajstić information content (AvgIpc) is 3.03. The Bertz CT molecular complexity index is 1340. The molecule has 3 aromatic rings. The molecule has 3 rings (SSSR count). The molecule has 0 bridgehead atoms. The van der Waals surface area contributed by atoms with Gasteiger partial charge in [0.15, 0.2) is 0 Å². The summed E-state index contributed by atoms with van der Waals surface area (Å²) in [5.41, 5.74) is 6.35. The Morgan fingerprint density at radius 2 is 1.52 bits per heavy atom. The highest BCUT2D eigenvalue weighted by Crippen LogP contribution is 2.35.